The number of benzene rings is 1. The van der Waals surface area contributed by atoms with Gasteiger partial charge in [-0.1, -0.05) is 18.6 Å². The first-order chi connectivity index (χ1) is 12.6. The molecule has 1 N–H and O–H groups in total. The van der Waals surface area contributed by atoms with Crippen LogP contribution in [0.4, 0.5) is 0 Å². The topological polar surface area (TPSA) is 63.1 Å². The number of piperidine rings is 1. The fourth-order valence-electron chi connectivity index (χ4n) is 4.61. The van der Waals surface area contributed by atoms with Crippen LogP contribution >= 0.6 is 0 Å². The lowest BCUT2D eigenvalue weighted by Crippen LogP contribution is -2.62. The molecule has 1 amide bonds. The molecule has 148 valence electrons. The van der Waals surface area contributed by atoms with Crippen LogP contribution in [0.5, 0.6) is 0 Å². The summed E-state index contributed by atoms with van der Waals surface area (Å²) in [5.74, 6) is 0.106. The zero-order valence-corrected chi connectivity index (χ0v) is 17.5. The van der Waals surface area contributed by atoms with Crippen LogP contribution < -0.4 is 5.32 Å². The number of carbonyl (C=O) groups excluding carboxylic acids is 1. The second kappa shape index (κ2) is 7.23. The number of carbonyl (C=O) groups is 1. The number of hydrogen-bond donors (Lipinski definition) is 1. The highest BCUT2D eigenvalue weighted by atomic mass is 16.2. The Labute approximate surface area is 162 Å². The van der Waals surface area contributed by atoms with Crippen molar-refractivity contribution in [3.05, 3.63) is 23.8 Å². The van der Waals surface area contributed by atoms with E-state index in [0.29, 0.717) is 5.56 Å². The number of unbranched alkanes of at least 4 members (excludes halogenated alkanes) is 1. The molecule has 2 aromatic rings. The van der Waals surface area contributed by atoms with E-state index in [-0.39, 0.29) is 23.0 Å². The van der Waals surface area contributed by atoms with Crippen LogP contribution in [0.1, 0.15) is 70.7 Å². The van der Waals surface area contributed by atoms with Crippen LogP contribution in [-0.2, 0) is 7.05 Å². The van der Waals surface area contributed by atoms with Crippen molar-refractivity contribution < 1.29 is 4.79 Å². The Morgan fingerprint density at radius 3 is 2.56 bits per heavy atom. The van der Waals surface area contributed by atoms with E-state index >= 15 is 0 Å². The Balaban J connectivity index is 1.91. The molecule has 1 aliphatic rings. The van der Waals surface area contributed by atoms with Crippen molar-refractivity contribution in [1.29, 1.82) is 0 Å². The van der Waals surface area contributed by atoms with Crippen molar-refractivity contribution in [3.63, 3.8) is 0 Å². The first-order valence-corrected chi connectivity index (χ1v) is 10.0. The molecule has 0 aliphatic carbocycles. The molecule has 6 nitrogen and oxygen atoms in total. The normalized spacial score (nSPS) is 19.3. The van der Waals surface area contributed by atoms with Gasteiger partial charge in [0.2, 0.25) is 0 Å². The van der Waals surface area contributed by atoms with Gasteiger partial charge in [-0.25, -0.2) is 4.68 Å². The van der Waals surface area contributed by atoms with Gasteiger partial charge >= 0.3 is 0 Å². The summed E-state index contributed by atoms with van der Waals surface area (Å²) in [6, 6.07) is 5.95. The summed E-state index contributed by atoms with van der Waals surface area (Å²) < 4.78 is 1.73. The lowest BCUT2D eigenvalue weighted by Gasteiger charge is -2.49. The van der Waals surface area contributed by atoms with Gasteiger partial charge in [0.25, 0.3) is 5.91 Å². The molecule has 1 fully saturated rings. The summed E-state index contributed by atoms with van der Waals surface area (Å²) >= 11 is 0. The molecule has 1 saturated heterocycles. The zero-order chi connectivity index (χ0) is 19.8. The van der Waals surface area contributed by atoms with E-state index < -0.39 is 0 Å². The predicted molar refractivity (Wildman–Crippen MR) is 109 cm³/mol. The van der Waals surface area contributed by atoms with E-state index in [1.54, 1.807) is 4.68 Å². The molecule has 0 atom stereocenters. The van der Waals surface area contributed by atoms with Crippen molar-refractivity contribution in [1.82, 2.24) is 25.2 Å². The van der Waals surface area contributed by atoms with Crippen molar-refractivity contribution >= 4 is 16.9 Å². The van der Waals surface area contributed by atoms with Crippen molar-refractivity contribution in [2.45, 2.75) is 77.4 Å². The number of fused-ring (bicyclic) bond motifs is 1. The molecule has 0 unspecified atom stereocenters. The lowest BCUT2D eigenvalue weighted by atomic mass is 9.78. The van der Waals surface area contributed by atoms with E-state index in [1.807, 2.05) is 25.2 Å². The summed E-state index contributed by atoms with van der Waals surface area (Å²) in [6.45, 7) is 11.9. The number of rotatable bonds is 5. The Kier molecular flexibility index (Phi) is 5.30. The maximum Gasteiger partial charge on any atom is 0.254 e. The van der Waals surface area contributed by atoms with Gasteiger partial charge in [0.1, 0.15) is 5.52 Å². The van der Waals surface area contributed by atoms with Crippen molar-refractivity contribution in [2.24, 2.45) is 7.05 Å². The van der Waals surface area contributed by atoms with Crippen molar-refractivity contribution in [2.75, 3.05) is 6.54 Å². The molecule has 0 bridgehead atoms. The Bertz CT molecular complexity index is 807. The van der Waals surface area contributed by atoms with Gasteiger partial charge in [-0.3, -0.25) is 4.79 Å². The second-order valence-corrected chi connectivity index (χ2v) is 9.22. The van der Waals surface area contributed by atoms with Gasteiger partial charge in [-0.2, -0.15) is 0 Å². The molecule has 0 radical (unpaired) electrons. The minimum Gasteiger partial charge on any atom is -0.336 e. The third kappa shape index (κ3) is 4.32. The van der Waals surface area contributed by atoms with Crippen LogP contribution in [0, 0.1) is 0 Å². The van der Waals surface area contributed by atoms with Gasteiger partial charge in [-0.05, 0) is 65.2 Å². The molecule has 1 aromatic carbocycles. The molecule has 0 spiro atoms. The standard InChI is InChI=1S/C21H33N5O/c1-7-8-11-26(16-13-20(2,3)23-21(4,5)14-16)19(27)15-9-10-18-17(12-15)22-24-25(18)6/h9-10,12,16,23H,7-8,11,13-14H2,1-6H3. The lowest BCUT2D eigenvalue weighted by molar-refractivity contribution is 0.0442. The van der Waals surface area contributed by atoms with E-state index in [2.05, 4.69) is 55.1 Å². The molecular formula is C21H33N5O. The number of aryl methyl sites for hydroxylation is 1. The highest BCUT2D eigenvalue weighted by Gasteiger charge is 2.41. The maximum atomic E-state index is 13.5. The molecule has 1 aliphatic heterocycles. The molecular weight excluding hydrogens is 338 g/mol. The van der Waals surface area contributed by atoms with Gasteiger partial charge in [0.15, 0.2) is 0 Å². The van der Waals surface area contributed by atoms with Crippen LogP contribution in [0.15, 0.2) is 18.2 Å². The highest BCUT2D eigenvalue weighted by Crippen LogP contribution is 2.32. The fourth-order valence-corrected chi connectivity index (χ4v) is 4.61. The third-order valence-electron chi connectivity index (χ3n) is 5.48. The summed E-state index contributed by atoms with van der Waals surface area (Å²) in [4.78, 5) is 15.6. The van der Waals surface area contributed by atoms with Crippen molar-refractivity contribution in [3.8, 4) is 0 Å². The molecule has 6 heteroatoms. The SMILES string of the molecule is CCCCN(C(=O)c1ccc2c(c1)nnn2C)C1CC(C)(C)NC(C)(C)C1. The minimum atomic E-state index is 0.00597. The first-order valence-electron chi connectivity index (χ1n) is 10.0. The number of nitrogens with zero attached hydrogens (tertiary/aromatic N) is 4. The molecule has 27 heavy (non-hydrogen) atoms. The summed E-state index contributed by atoms with van der Waals surface area (Å²) in [5.41, 5.74) is 2.42. The first kappa shape index (κ1) is 19.8. The Morgan fingerprint density at radius 1 is 1.26 bits per heavy atom. The number of aromatic nitrogens is 3. The second-order valence-electron chi connectivity index (χ2n) is 9.22. The Hall–Kier alpha value is -1.95. The van der Waals surface area contributed by atoms with E-state index in [1.165, 1.54) is 0 Å². The highest BCUT2D eigenvalue weighted by molar-refractivity contribution is 5.97. The van der Waals surface area contributed by atoms with E-state index in [4.69, 9.17) is 0 Å². The van der Waals surface area contributed by atoms with Gasteiger partial charge < -0.3 is 10.2 Å². The summed E-state index contributed by atoms with van der Waals surface area (Å²) in [6.07, 6.45) is 4.01. The molecule has 0 saturated carbocycles. The van der Waals surface area contributed by atoms with Gasteiger partial charge in [-0.15, -0.1) is 5.10 Å². The van der Waals surface area contributed by atoms with Gasteiger partial charge in [0.05, 0.1) is 5.52 Å². The number of amides is 1. The quantitative estimate of drug-likeness (QED) is 0.873. The largest absolute Gasteiger partial charge is 0.336 e. The average molecular weight is 372 g/mol. The van der Waals surface area contributed by atoms with E-state index in [9.17, 15) is 4.79 Å². The molecule has 1 aromatic heterocycles. The smallest absolute Gasteiger partial charge is 0.254 e. The third-order valence-corrected chi connectivity index (χ3v) is 5.48. The van der Waals surface area contributed by atoms with Crippen LogP contribution in [0.2, 0.25) is 0 Å². The van der Waals surface area contributed by atoms with Crippen LogP contribution in [0.3, 0.4) is 0 Å². The van der Waals surface area contributed by atoms with Crippen LogP contribution in [-0.4, -0.2) is 49.5 Å². The summed E-state index contributed by atoms with van der Waals surface area (Å²) in [5, 5.41) is 11.9. The summed E-state index contributed by atoms with van der Waals surface area (Å²) in [7, 11) is 1.86. The monoisotopic (exact) mass is 371 g/mol. The zero-order valence-electron chi connectivity index (χ0n) is 17.5. The fraction of sp³-hybridized carbons (Fsp3) is 0.667. The number of nitrogens with one attached hydrogen (secondary N) is 1. The number of hydrogen-bond acceptors (Lipinski definition) is 4. The van der Waals surface area contributed by atoms with Gasteiger partial charge in [0, 0.05) is 36.3 Å². The van der Waals surface area contributed by atoms with Crippen LogP contribution in [0.25, 0.3) is 11.0 Å². The molecule has 2 heterocycles. The minimum absolute atomic E-state index is 0.00597. The van der Waals surface area contributed by atoms with E-state index in [0.717, 1.165) is 43.3 Å². The molecule has 3 rings (SSSR count). The Morgan fingerprint density at radius 2 is 1.93 bits per heavy atom. The maximum absolute atomic E-state index is 13.5. The predicted octanol–water partition coefficient (Wildman–Crippen LogP) is 3.52. The average Bonchev–Trinajstić information content (AvgIpc) is 2.93.